The maximum absolute atomic E-state index is 12.0. The van der Waals surface area contributed by atoms with Crippen LogP contribution in [0.3, 0.4) is 0 Å². The lowest BCUT2D eigenvalue weighted by Gasteiger charge is -2.34. The van der Waals surface area contributed by atoms with Gasteiger partial charge in [0.15, 0.2) is 0 Å². The molecule has 1 aromatic heterocycles. The van der Waals surface area contributed by atoms with Crippen molar-refractivity contribution in [3.63, 3.8) is 0 Å². The molecule has 0 saturated carbocycles. The number of fused-ring (bicyclic) bond motifs is 1. The molecular weight excluding hydrogens is 282 g/mol. The lowest BCUT2D eigenvalue weighted by molar-refractivity contribution is -0.122. The zero-order chi connectivity index (χ0) is 14.7. The average molecular weight is 301 g/mol. The van der Waals surface area contributed by atoms with Gasteiger partial charge in [-0.3, -0.25) is 4.79 Å². The SMILES string of the molecule is O=C(Cc1cccs1)NC[C@]1(O)CCCc2ccccc21. The number of carbonyl (C=O) groups is 1. The van der Waals surface area contributed by atoms with Gasteiger partial charge in [-0.2, -0.15) is 0 Å². The van der Waals surface area contributed by atoms with Crippen LogP contribution in [0.5, 0.6) is 0 Å². The minimum atomic E-state index is -0.931. The standard InChI is InChI=1S/C17H19NO2S/c19-16(11-14-7-4-10-21-14)18-12-17(20)9-3-6-13-5-1-2-8-15(13)17/h1-2,4-5,7-8,10,20H,3,6,9,11-12H2,(H,18,19)/t17-/m1/s1. The lowest BCUT2D eigenvalue weighted by atomic mass is 9.79. The summed E-state index contributed by atoms with van der Waals surface area (Å²) in [5.74, 6) is -0.0334. The average Bonchev–Trinajstić information content (AvgIpc) is 2.99. The minimum absolute atomic E-state index is 0.0334. The van der Waals surface area contributed by atoms with Crippen LogP contribution in [0.2, 0.25) is 0 Å². The van der Waals surface area contributed by atoms with Crippen LogP contribution < -0.4 is 5.32 Å². The van der Waals surface area contributed by atoms with Crippen molar-refractivity contribution in [3.8, 4) is 0 Å². The van der Waals surface area contributed by atoms with Crippen molar-refractivity contribution in [2.75, 3.05) is 6.54 Å². The Labute approximate surface area is 128 Å². The van der Waals surface area contributed by atoms with Crippen molar-refractivity contribution in [1.82, 2.24) is 5.32 Å². The second-order valence-electron chi connectivity index (χ2n) is 5.58. The predicted molar refractivity (Wildman–Crippen MR) is 84.3 cm³/mol. The van der Waals surface area contributed by atoms with Gasteiger partial charge in [0.05, 0.1) is 13.0 Å². The molecule has 1 amide bonds. The van der Waals surface area contributed by atoms with E-state index in [0.717, 1.165) is 23.3 Å². The maximum atomic E-state index is 12.0. The molecule has 0 unspecified atom stereocenters. The molecule has 0 aliphatic heterocycles. The summed E-state index contributed by atoms with van der Waals surface area (Å²) in [5.41, 5.74) is 1.23. The number of amides is 1. The first-order chi connectivity index (χ1) is 10.2. The number of carbonyl (C=O) groups excluding carboxylic acids is 1. The van der Waals surface area contributed by atoms with Crippen LogP contribution in [0.15, 0.2) is 41.8 Å². The molecule has 0 radical (unpaired) electrons. The van der Waals surface area contributed by atoms with Gasteiger partial charge in [-0.1, -0.05) is 30.3 Å². The normalized spacial score (nSPS) is 20.8. The maximum Gasteiger partial charge on any atom is 0.225 e. The van der Waals surface area contributed by atoms with Crippen LogP contribution >= 0.6 is 11.3 Å². The van der Waals surface area contributed by atoms with Crippen molar-refractivity contribution >= 4 is 17.2 Å². The fourth-order valence-corrected chi connectivity index (χ4v) is 3.66. The third kappa shape index (κ3) is 3.17. The van der Waals surface area contributed by atoms with E-state index >= 15 is 0 Å². The van der Waals surface area contributed by atoms with E-state index in [-0.39, 0.29) is 12.5 Å². The summed E-state index contributed by atoms with van der Waals surface area (Å²) in [6.07, 6.45) is 3.04. The summed E-state index contributed by atoms with van der Waals surface area (Å²) < 4.78 is 0. The Hall–Kier alpha value is -1.65. The van der Waals surface area contributed by atoms with E-state index in [0.29, 0.717) is 12.8 Å². The summed E-state index contributed by atoms with van der Waals surface area (Å²) >= 11 is 1.58. The largest absolute Gasteiger partial charge is 0.383 e. The molecule has 0 saturated heterocycles. The van der Waals surface area contributed by atoms with Gasteiger partial charge in [0.2, 0.25) is 5.91 Å². The monoisotopic (exact) mass is 301 g/mol. The zero-order valence-corrected chi connectivity index (χ0v) is 12.7. The van der Waals surface area contributed by atoms with Gasteiger partial charge in [0.25, 0.3) is 0 Å². The highest BCUT2D eigenvalue weighted by Crippen LogP contribution is 2.34. The number of aryl methyl sites for hydroxylation is 1. The summed E-state index contributed by atoms with van der Waals surface area (Å²) in [4.78, 5) is 13.0. The molecule has 3 rings (SSSR count). The van der Waals surface area contributed by atoms with Gasteiger partial charge in [-0.25, -0.2) is 0 Å². The second kappa shape index (κ2) is 6.00. The Bertz CT molecular complexity index is 623. The quantitative estimate of drug-likeness (QED) is 0.912. The van der Waals surface area contributed by atoms with Gasteiger partial charge >= 0.3 is 0 Å². The number of thiophene rings is 1. The number of nitrogens with one attached hydrogen (secondary N) is 1. The highest BCUT2D eigenvalue weighted by molar-refractivity contribution is 7.10. The molecule has 2 N–H and O–H groups in total. The number of hydrogen-bond donors (Lipinski definition) is 2. The van der Waals surface area contributed by atoms with E-state index < -0.39 is 5.60 Å². The van der Waals surface area contributed by atoms with Gasteiger partial charge in [-0.05, 0) is 41.8 Å². The third-order valence-corrected chi connectivity index (χ3v) is 4.92. The first kappa shape index (κ1) is 14.3. The molecule has 0 bridgehead atoms. The van der Waals surface area contributed by atoms with Crippen molar-refractivity contribution in [2.45, 2.75) is 31.3 Å². The number of aliphatic hydroxyl groups is 1. The molecule has 21 heavy (non-hydrogen) atoms. The fraction of sp³-hybridized carbons (Fsp3) is 0.353. The summed E-state index contributed by atoms with van der Waals surface area (Å²) in [7, 11) is 0. The van der Waals surface area contributed by atoms with Crippen LogP contribution in [0.25, 0.3) is 0 Å². The fourth-order valence-electron chi connectivity index (χ4n) is 2.96. The smallest absolute Gasteiger partial charge is 0.225 e. The van der Waals surface area contributed by atoms with Crippen LogP contribution in [0, 0.1) is 0 Å². The molecule has 0 fully saturated rings. The molecule has 1 atom stereocenters. The van der Waals surface area contributed by atoms with Crippen LogP contribution in [0.4, 0.5) is 0 Å². The van der Waals surface area contributed by atoms with E-state index in [2.05, 4.69) is 11.4 Å². The highest BCUT2D eigenvalue weighted by atomic mass is 32.1. The van der Waals surface area contributed by atoms with Gasteiger partial charge in [-0.15, -0.1) is 11.3 Å². The molecule has 2 aromatic rings. The molecule has 1 aliphatic carbocycles. The van der Waals surface area contributed by atoms with Crippen molar-refractivity contribution < 1.29 is 9.90 Å². The van der Waals surface area contributed by atoms with Crippen LogP contribution in [-0.4, -0.2) is 17.6 Å². The Morgan fingerprint density at radius 2 is 2.14 bits per heavy atom. The molecule has 4 heteroatoms. The van der Waals surface area contributed by atoms with Gasteiger partial charge < -0.3 is 10.4 Å². The summed E-state index contributed by atoms with van der Waals surface area (Å²) in [6.45, 7) is 0.286. The molecule has 1 heterocycles. The summed E-state index contributed by atoms with van der Waals surface area (Å²) in [6, 6.07) is 11.9. The minimum Gasteiger partial charge on any atom is -0.383 e. The molecule has 3 nitrogen and oxygen atoms in total. The van der Waals surface area contributed by atoms with E-state index in [1.165, 1.54) is 5.56 Å². The van der Waals surface area contributed by atoms with Crippen LogP contribution in [0.1, 0.15) is 28.8 Å². The topological polar surface area (TPSA) is 49.3 Å². The number of hydrogen-bond acceptors (Lipinski definition) is 3. The first-order valence-corrected chi connectivity index (χ1v) is 8.15. The van der Waals surface area contributed by atoms with E-state index in [9.17, 15) is 9.90 Å². The van der Waals surface area contributed by atoms with Crippen LogP contribution in [-0.2, 0) is 23.2 Å². The van der Waals surface area contributed by atoms with Gasteiger partial charge in [0, 0.05) is 4.88 Å². The molecule has 1 aromatic carbocycles. The van der Waals surface area contributed by atoms with E-state index in [4.69, 9.17) is 0 Å². The van der Waals surface area contributed by atoms with Gasteiger partial charge in [0.1, 0.15) is 5.60 Å². The Kier molecular flexibility index (Phi) is 4.08. The number of benzene rings is 1. The van der Waals surface area contributed by atoms with Crippen molar-refractivity contribution in [1.29, 1.82) is 0 Å². The zero-order valence-electron chi connectivity index (χ0n) is 11.8. The molecule has 110 valence electrons. The lowest BCUT2D eigenvalue weighted by Crippen LogP contribution is -2.43. The molecule has 1 aliphatic rings. The summed E-state index contributed by atoms with van der Waals surface area (Å²) in [5, 5.41) is 15.7. The Morgan fingerprint density at radius 3 is 2.95 bits per heavy atom. The predicted octanol–water partition coefficient (Wildman–Crippen LogP) is 2.63. The molecule has 0 spiro atoms. The highest BCUT2D eigenvalue weighted by Gasteiger charge is 2.34. The Balaban J connectivity index is 1.66. The number of rotatable bonds is 4. The Morgan fingerprint density at radius 1 is 1.29 bits per heavy atom. The van der Waals surface area contributed by atoms with Crippen molar-refractivity contribution in [2.24, 2.45) is 0 Å². The first-order valence-electron chi connectivity index (χ1n) is 7.27. The third-order valence-electron chi connectivity index (χ3n) is 4.05. The van der Waals surface area contributed by atoms with Crippen molar-refractivity contribution in [3.05, 3.63) is 57.8 Å². The molecular formula is C17H19NO2S. The van der Waals surface area contributed by atoms with E-state index in [1.807, 2.05) is 35.7 Å². The van der Waals surface area contributed by atoms with E-state index in [1.54, 1.807) is 11.3 Å². The second-order valence-corrected chi connectivity index (χ2v) is 6.61.